The first-order valence-electron chi connectivity index (χ1n) is 4.18. The van der Waals surface area contributed by atoms with E-state index in [0.29, 0.717) is 0 Å². The Labute approximate surface area is 87.6 Å². The Hall–Kier alpha value is -1.35. The van der Waals surface area contributed by atoms with Gasteiger partial charge in [0.1, 0.15) is 22.9 Å². The van der Waals surface area contributed by atoms with Crippen molar-refractivity contribution in [2.75, 3.05) is 12.9 Å². The van der Waals surface area contributed by atoms with Crippen LogP contribution in [0.2, 0.25) is 0 Å². The van der Waals surface area contributed by atoms with Crippen LogP contribution < -0.4 is 0 Å². The summed E-state index contributed by atoms with van der Waals surface area (Å²) in [5.41, 5.74) is 0. The van der Waals surface area contributed by atoms with Gasteiger partial charge in [0.2, 0.25) is 0 Å². The van der Waals surface area contributed by atoms with Crippen molar-refractivity contribution in [1.82, 2.24) is 0 Å². The van der Waals surface area contributed by atoms with Gasteiger partial charge in [-0.1, -0.05) is 0 Å². The fraction of sp³-hybridized carbons (Fsp3) is 0.444. The molecule has 0 radical (unpaired) electrons. The van der Waals surface area contributed by atoms with Gasteiger partial charge in [-0.25, -0.2) is 12.8 Å². The summed E-state index contributed by atoms with van der Waals surface area (Å²) in [5, 5.41) is 7.00. The zero-order chi connectivity index (χ0) is 11.5. The summed E-state index contributed by atoms with van der Waals surface area (Å²) in [6.45, 7) is 0. The molecule has 2 unspecified atom stereocenters. The van der Waals surface area contributed by atoms with Crippen molar-refractivity contribution in [1.29, 1.82) is 5.26 Å². The number of halogens is 1. The van der Waals surface area contributed by atoms with Crippen molar-refractivity contribution >= 4 is 9.84 Å². The van der Waals surface area contributed by atoms with E-state index < -0.39 is 27.0 Å². The van der Waals surface area contributed by atoms with E-state index in [9.17, 15) is 12.8 Å². The maximum Gasteiger partial charge on any atom is 0.173 e. The molecule has 0 aromatic carbocycles. The second kappa shape index (κ2) is 4.45. The van der Waals surface area contributed by atoms with E-state index in [-0.39, 0.29) is 5.76 Å². The molecule has 15 heavy (non-hydrogen) atoms. The largest absolute Gasteiger partial charge is 0.497 e. The molecule has 2 atom stereocenters. The van der Waals surface area contributed by atoms with Gasteiger partial charge in [0.25, 0.3) is 0 Å². The van der Waals surface area contributed by atoms with Crippen LogP contribution >= 0.6 is 0 Å². The summed E-state index contributed by atoms with van der Waals surface area (Å²) >= 11 is 0. The average molecular weight is 231 g/mol. The molecule has 0 bridgehead atoms. The highest BCUT2D eigenvalue weighted by atomic mass is 32.2. The molecule has 0 spiro atoms. The van der Waals surface area contributed by atoms with Crippen LogP contribution in [0.15, 0.2) is 24.0 Å². The fourth-order valence-corrected chi connectivity index (χ4v) is 2.43. The van der Waals surface area contributed by atoms with Gasteiger partial charge in [0.05, 0.1) is 13.2 Å². The number of nitrogens with zero attached hydrogens (tertiary/aromatic N) is 1. The van der Waals surface area contributed by atoms with E-state index in [4.69, 9.17) is 10.00 Å². The van der Waals surface area contributed by atoms with Gasteiger partial charge in [-0.2, -0.15) is 5.26 Å². The second-order valence-corrected chi connectivity index (χ2v) is 5.17. The number of rotatable bonds is 3. The van der Waals surface area contributed by atoms with Crippen molar-refractivity contribution in [2.45, 2.75) is 11.4 Å². The van der Waals surface area contributed by atoms with E-state index in [1.165, 1.54) is 25.3 Å². The minimum atomic E-state index is -3.77. The Bertz CT molecular complexity index is 433. The summed E-state index contributed by atoms with van der Waals surface area (Å²) in [6.07, 6.45) is 2.03. The van der Waals surface area contributed by atoms with Gasteiger partial charge in [-0.3, -0.25) is 0 Å². The summed E-state index contributed by atoms with van der Waals surface area (Å²) in [4.78, 5) is 0. The van der Waals surface area contributed by atoms with Crippen molar-refractivity contribution < 1.29 is 17.5 Å². The summed E-state index contributed by atoms with van der Waals surface area (Å²) in [5.74, 6) is -0.408. The molecule has 0 saturated heterocycles. The van der Waals surface area contributed by atoms with E-state index in [2.05, 4.69) is 0 Å². The van der Waals surface area contributed by atoms with Gasteiger partial charge in [0, 0.05) is 0 Å². The van der Waals surface area contributed by atoms with E-state index in [0.717, 1.165) is 6.08 Å². The molecule has 0 aliphatic heterocycles. The van der Waals surface area contributed by atoms with Crippen LogP contribution in [-0.4, -0.2) is 32.7 Å². The van der Waals surface area contributed by atoms with Crippen LogP contribution in [0.4, 0.5) is 4.39 Å². The Morgan fingerprint density at radius 1 is 1.67 bits per heavy atom. The molecule has 6 heteroatoms. The number of nitriles is 1. The highest BCUT2D eigenvalue weighted by molar-refractivity contribution is 7.92. The van der Waals surface area contributed by atoms with Crippen molar-refractivity contribution in [2.24, 2.45) is 0 Å². The molecule has 0 fully saturated rings. The second-order valence-electron chi connectivity index (χ2n) is 3.01. The standard InChI is InChI=1S/C9H10FNO3S/c1-14-7-2-3-8(10)9(6-7)15(12,13)5-4-11/h2-3,6,8-9H,5H2,1H3. The SMILES string of the molecule is COC1=CC(S(=O)(=O)CC#N)C(F)C=C1. The van der Waals surface area contributed by atoms with Crippen molar-refractivity contribution in [3.63, 3.8) is 0 Å². The molecule has 1 aliphatic rings. The smallest absolute Gasteiger partial charge is 0.173 e. The van der Waals surface area contributed by atoms with E-state index >= 15 is 0 Å². The lowest BCUT2D eigenvalue weighted by atomic mass is 10.1. The molecule has 1 rings (SSSR count). The Morgan fingerprint density at radius 2 is 2.33 bits per heavy atom. The van der Waals surface area contributed by atoms with E-state index in [1.807, 2.05) is 0 Å². The predicted molar refractivity (Wildman–Crippen MR) is 52.3 cm³/mol. The number of ether oxygens (including phenoxy) is 1. The first kappa shape index (κ1) is 11.7. The van der Waals surface area contributed by atoms with Crippen LogP contribution in [0.3, 0.4) is 0 Å². The third-order valence-electron chi connectivity index (χ3n) is 2.00. The third-order valence-corrected chi connectivity index (χ3v) is 3.76. The lowest BCUT2D eigenvalue weighted by molar-refractivity contribution is 0.296. The monoisotopic (exact) mass is 231 g/mol. The third kappa shape index (κ3) is 2.57. The van der Waals surface area contributed by atoms with Gasteiger partial charge >= 0.3 is 0 Å². The zero-order valence-corrected chi connectivity index (χ0v) is 8.87. The zero-order valence-electron chi connectivity index (χ0n) is 8.05. The Morgan fingerprint density at radius 3 is 2.87 bits per heavy atom. The molecule has 4 nitrogen and oxygen atoms in total. The van der Waals surface area contributed by atoms with Crippen LogP contribution in [0.5, 0.6) is 0 Å². The highest BCUT2D eigenvalue weighted by Gasteiger charge is 2.32. The number of methoxy groups -OCH3 is 1. The number of alkyl halides is 1. The molecule has 82 valence electrons. The van der Waals surface area contributed by atoms with Crippen molar-refractivity contribution in [3.8, 4) is 6.07 Å². The molecule has 0 amide bonds. The average Bonchev–Trinajstić information content (AvgIpc) is 2.18. The maximum absolute atomic E-state index is 13.3. The number of hydrogen-bond donors (Lipinski definition) is 0. The van der Waals surface area contributed by atoms with Gasteiger partial charge in [-0.05, 0) is 18.2 Å². The Kier molecular flexibility index (Phi) is 3.48. The predicted octanol–water partition coefficient (Wildman–Crippen LogP) is 0.732. The molecule has 1 aliphatic carbocycles. The molecule has 0 heterocycles. The summed E-state index contributed by atoms with van der Waals surface area (Å²) in [7, 11) is -2.41. The first-order valence-corrected chi connectivity index (χ1v) is 5.89. The number of hydrogen-bond acceptors (Lipinski definition) is 4. The molecule has 0 N–H and O–H groups in total. The van der Waals surface area contributed by atoms with Gasteiger partial charge in [-0.15, -0.1) is 0 Å². The molecular weight excluding hydrogens is 221 g/mol. The summed E-state index contributed by atoms with van der Waals surface area (Å²) < 4.78 is 41.0. The van der Waals surface area contributed by atoms with Crippen LogP contribution in [0.1, 0.15) is 0 Å². The maximum atomic E-state index is 13.3. The minimum absolute atomic E-state index is 0.287. The quantitative estimate of drug-likeness (QED) is 0.718. The van der Waals surface area contributed by atoms with Gasteiger partial charge < -0.3 is 4.74 Å². The first-order chi connectivity index (χ1) is 7.01. The number of sulfone groups is 1. The van der Waals surface area contributed by atoms with Crippen LogP contribution in [0.25, 0.3) is 0 Å². The lowest BCUT2D eigenvalue weighted by Crippen LogP contribution is -2.32. The molecule has 0 aromatic rings. The fourth-order valence-electron chi connectivity index (χ4n) is 1.23. The minimum Gasteiger partial charge on any atom is -0.497 e. The molecule has 0 aromatic heterocycles. The molecular formula is C9H10FNO3S. The van der Waals surface area contributed by atoms with Crippen LogP contribution in [0, 0.1) is 11.3 Å². The van der Waals surface area contributed by atoms with Gasteiger partial charge in [0.15, 0.2) is 9.84 Å². The normalized spacial score (nSPS) is 25.5. The lowest BCUT2D eigenvalue weighted by Gasteiger charge is -2.18. The topological polar surface area (TPSA) is 67.2 Å². The van der Waals surface area contributed by atoms with Crippen LogP contribution in [-0.2, 0) is 14.6 Å². The summed E-state index contributed by atoms with van der Waals surface area (Å²) in [6, 6.07) is 1.51. The molecule has 0 saturated carbocycles. The van der Waals surface area contributed by atoms with E-state index in [1.54, 1.807) is 0 Å². The highest BCUT2D eigenvalue weighted by Crippen LogP contribution is 2.21. The van der Waals surface area contributed by atoms with Crippen molar-refractivity contribution in [3.05, 3.63) is 24.0 Å². The Balaban J connectivity index is 3.01. The number of allylic oxidation sites excluding steroid dienone is 2.